The van der Waals surface area contributed by atoms with Crippen molar-refractivity contribution in [3.63, 3.8) is 0 Å². The van der Waals surface area contributed by atoms with Gasteiger partial charge in [0.15, 0.2) is 0 Å². The smallest absolute Gasteiger partial charge is 0.262 e. The van der Waals surface area contributed by atoms with Crippen molar-refractivity contribution in [2.24, 2.45) is 0 Å². The number of nitrogens with one attached hydrogen (secondary N) is 1. The second kappa shape index (κ2) is 5.76. The molecule has 3 aromatic rings. The highest BCUT2D eigenvalue weighted by Crippen LogP contribution is 2.31. The van der Waals surface area contributed by atoms with Crippen molar-refractivity contribution in [2.45, 2.75) is 18.7 Å². The van der Waals surface area contributed by atoms with Crippen LogP contribution >= 0.6 is 0 Å². The topological polar surface area (TPSA) is 79.3 Å². The number of hydrogen-bond acceptors (Lipinski definition) is 4. The lowest BCUT2D eigenvalue weighted by Gasteiger charge is -2.14. The van der Waals surface area contributed by atoms with Crippen LogP contribution in [0.1, 0.15) is 11.1 Å². The zero-order valence-corrected chi connectivity index (χ0v) is 13.9. The number of halogens is 1. The Labute approximate surface area is 138 Å². The number of pyridine rings is 1. The fraction of sp³-hybridized carbons (Fsp3) is 0.118. The Morgan fingerprint density at radius 2 is 1.88 bits per heavy atom. The van der Waals surface area contributed by atoms with Crippen molar-refractivity contribution >= 4 is 26.6 Å². The number of aromatic hydroxyl groups is 1. The maximum absolute atomic E-state index is 13.8. The molecule has 1 heterocycles. The van der Waals surface area contributed by atoms with E-state index in [1.54, 1.807) is 32.0 Å². The van der Waals surface area contributed by atoms with E-state index < -0.39 is 15.8 Å². The highest BCUT2D eigenvalue weighted by Gasteiger charge is 2.21. The first kappa shape index (κ1) is 16.2. The molecule has 0 saturated heterocycles. The van der Waals surface area contributed by atoms with Crippen LogP contribution in [0.15, 0.2) is 47.5 Å². The van der Waals surface area contributed by atoms with Gasteiger partial charge in [0.25, 0.3) is 10.0 Å². The predicted octanol–water partition coefficient (Wildman–Crippen LogP) is 3.50. The van der Waals surface area contributed by atoms with E-state index in [9.17, 15) is 17.9 Å². The summed E-state index contributed by atoms with van der Waals surface area (Å²) in [5.41, 5.74) is 1.32. The molecule has 0 atom stereocenters. The maximum atomic E-state index is 13.8. The van der Waals surface area contributed by atoms with Crippen LogP contribution < -0.4 is 4.72 Å². The van der Waals surface area contributed by atoms with E-state index >= 15 is 0 Å². The van der Waals surface area contributed by atoms with E-state index in [1.165, 1.54) is 18.3 Å². The number of rotatable bonds is 3. The Morgan fingerprint density at radius 1 is 1.12 bits per heavy atom. The normalized spacial score (nSPS) is 11.6. The number of aryl methyl sites for hydroxylation is 1. The molecule has 24 heavy (non-hydrogen) atoms. The summed E-state index contributed by atoms with van der Waals surface area (Å²) in [5.74, 6) is -0.561. The zero-order valence-electron chi connectivity index (χ0n) is 13.0. The van der Waals surface area contributed by atoms with E-state index in [0.717, 1.165) is 6.07 Å². The molecule has 1 aromatic heterocycles. The average molecular weight is 346 g/mol. The van der Waals surface area contributed by atoms with Gasteiger partial charge >= 0.3 is 0 Å². The minimum atomic E-state index is -3.98. The molecule has 0 bridgehead atoms. The van der Waals surface area contributed by atoms with Gasteiger partial charge in [-0.3, -0.25) is 9.71 Å². The predicted molar refractivity (Wildman–Crippen MR) is 90.1 cm³/mol. The third kappa shape index (κ3) is 2.67. The summed E-state index contributed by atoms with van der Waals surface area (Å²) in [6.45, 7) is 3.34. The van der Waals surface area contributed by atoms with Crippen molar-refractivity contribution in [2.75, 3.05) is 4.72 Å². The fourth-order valence-electron chi connectivity index (χ4n) is 2.49. The maximum Gasteiger partial charge on any atom is 0.262 e. The van der Waals surface area contributed by atoms with Crippen LogP contribution in [0.3, 0.4) is 0 Å². The van der Waals surface area contributed by atoms with Crippen LogP contribution in [0.5, 0.6) is 5.75 Å². The van der Waals surface area contributed by atoms with Crippen LogP contribution in [-0.4, -0.2) is 18.5 Å². The van der Waals surface area contributed by atoms with Gasteiger partial charge in [0.1, 0.15) is 17.1 Å². The molecule has 0 fully saturated rings. The number of hydrogen-bond donors (Lipinski definition) is 2. The lowest BCUT2D eigenvalue weighted by molar-refractivity contribution is 0.467. The van der Waals surface area contributed by atoms with Gasteiger partial charge in [-0.05, 0) is 49.7 Å². The third-order valence-electron chi connectivity index (χ3n) is 3.85. The summed E-state index contributed by atoms with van der Waals surface area (Å²) in [4.78, 5) is 3.82. The van der Waals surface area contributed by atoms with Crippen LogP contribution in [0, 0.1) is 19.7 Å². The van der Waals surface area contributed by atoms with E-state index in [-0.39, 0.29) is 27.2 Å². The first-order valence-electron chi connectivity index (χ1n) is 7.16. The van der Waals surface area contributed by atoms with E-state index in [4.69, 9.17) is 0 Å². The van der Waals surface area contributed by atoms with Gasteiger partial charge < -0.3 is 5.11 Å². The number of anilines is 1. The summed E-state index contributed by atoms with van der Waals surface area (Å²) in [6.07, 6.45) is 1.40. The molecule has 7 heteroatoms. The summed E-state index contributed by atoms with van der Waals surface area (Å²) in [6, 6.07) is 8.51. The molecule has 0 spiro atoms. The first-order chi connectivity index (χ1) is 11.3. The lowest BCUT2D eigenvalue weighted by atomic mass is 10.1. The van der Waals surface area contributed by atoms with Crippen LogP contribution in [-0.2, 0) is 10.0 Å². The number of sulfonamides is 1. The molecule has 0 aliphatic rings. The lowest BCUT2D eigenvalue weighted by Crippen LogP contribution is -2.14. The van der Waals surface area contributed by atoms with Crippen molar-refractivity contribution in [3.05, 3.63) is 59.5 Å². The van der Waals surface area contributed by atoms with Crippen molar-refractivity contribution in [1.29, 1.82) is 0 Å². The largest absolute Gasteiger partial charge is 0.507 e. The van der Waals surface area contributed by atoms with Crippen LogP contribution in [0.4, 0.5) is 10.1 Å². The van der Waals surface area contributed by atoms with Gasteiger partial charge in [-0.15, -0.1) is 0 Å². The minimum Gasteiger partial charge on any atom is -0.507 e. The van der Waals surface area contributed by atoms with Crippen molar-refractivity contribution in [3.8, 4) is 5.75 Å². The fourth-order valence-corrected chi connectivity index (χ4v) is 3.81. The number of phenolic OH excluding ortho intramolecular Hbond substituents is 1. The SMILES string of the molecule is Cc1ccc(NS(=O)(=O)c2ccc(F)c3ncccc23)c(C)c1O. The Kier molecular flexibility index (Phi) is 3.88. The molecule has 0 radical (unpaired) electrons. The van der Waals surface area contributed by atoms with Crippen LogP contribution in [0.25, 0.3) is 10.9 Å². The molecule has 124 valence electrons. The highest BCUT2D eigenvalue weighted by molar-refractivity contribution is 7.93. The Balaban J connectivity index is 2.13. The molecule has 2 N–H and O–H groups in total. The Morgan fingerprint density at radius 3 is 2.62 bits per heavy atom. The van der Waals surface area contributed by atoms with Gasteiger partial charge in [0.05, 0.1) is 10.6 Å². The number of phenols is 1. The van der Waals surface area contributed by atoms with Gasteiger partial charge in [-0.2, -0.15) is 0 Å². The van der Waals surface area contributed by atoms with E-state index in [0.29, 0.717) is 11.1 Å². The number of benzene rings is 2. The van der Waals surface area contributed by atoms with Gasteiger partial charge in [0, 0.05) is 17.1 Å². The quantitative estimate of drug-likeness (QED) is 0.761. The average Bonchev–Trinajstić information content (AvgIpc) is 2.56. The second-order valence-electron chi connectivity index (χ2n) is 5.45. The van der Waals surface area contributed by atoms with Crippen LogP contribution in [0.2, 0.25) is 0 Å². The Hall–Kier alpha value is -2.67. The molecule has 2 aromatic carbocycles. The monoisotopic (exact) mass is 346 g/mol. The molecule has 0 unspecified atom stereocenters. The summed E-state index contributed by atoms with van der Waals surface area (Å²) in [5, 5.41) is 10.2. The molecular weight excluding hydrogens is 331 g/mol. The van der Waals surface area contributed by atoms with E-state index in [1.807, 2.05) is 0 Å². The minimum absolute atomic E-state index is 0.0103. The number of fused-ring (bicyclic) bond motifs is 1. The summed E-state index contributed by atoms with van der Waals surface area (Å²) < 4.78 is 41.7. The summed E-state index contributed by atoms with van der Waals surface area (Å²) in [7, 11) is -3.98. The molecule has 0 aliphatic carbocycles. The first-order valence-corrected chi connectivity index (χ1v) is 8.65. The highest BCUT2D eigenvalue weighted by atomic mass is 32.2. The van der Waals surface area contributed by atoms with Gasteiger partial charge in [-0.1, -0.05) is 6.07 Å². The second-order valence-corrected chi connectivity index (χ2v) is 7.11. The molecular formula is C17H15FN2O3S. The third-order valence-corrected chi connectivity index (χ3v) is 5.27. The summed E-state index contributed by atoms with van der Waals surface area (Å²) >= 11 is 0. The molecule has 0 saturated carbocycles. The van der Waals surface area contributed by atoms with Gasteiger partial charge in [-0.25, -0.2) is 12.8 Å². The van der Waals surface area contributed by atoms with Crippen molar-refractivity contribution < 1.29 is 17.9 Å². The Bertz CT molecular complexity index is 1050. The number of nitrogens with zero attached hydrogens (tertiary/aromatic N) is 1. The van der Waals surface area contributed by atoms with Crippen molar-refractivity contribution in [1.82, 2.24) is 4.98 Å². The molecule has 0 amide bonds. The zero-order chi connectivity index (χ0) is 17.5. The number of aromatic nitrogens is 1. The standard InChI is InChI=1S/C17H15FN2O3S/c1-10-5-7-14(11(2)17(10)21)20-24(22,23)15-8-6-13(18)16-12(15)4-3-9-19-16/h3-9,20-21H,1-2H3. The van der Waals surface area contributed by atoms with E-state index in [2.05, 4.69) is 9.71 Å². The molecule has 5 nitrogen and oxygen atoms in total. The molecule has 0 aliphatic heterocycles. The van der Waals surface area contributed by atoms with Gasteiger partial charge in [0.2, 0.25) is 0 Å². The molecule has 3 rings (SSSR count).